The maximum absolute atomic E-state index is 13.2. The second-order valence-electron chi connectivity index (χ2n) is 4.61. The molecule has 0 saturated heterocycles. The van der Waals surface area contributed by atoms with E-state index < -0.39 is 5.82 Å². The Morgan fingerprint density at radius 2 is 2.10 bits per heavy atom. The number of rotatable bonds is 5. The predicted octanol–water partition coefficient (Wildman–Crippen LogP) is 3.37. The van der Waals surface area contributed by atoms with Crippen LogP contribution in [0.2, 0.25) is 0 Å². The van der Waals surface area contributed by atoms with Crippen molar-refractivity contribution in [1.29, 1.82) is 0 Å². The Hall–Kier alpha value is -2.23. The van der Waals surface area contributed by atoms with E-state index in [9.17, 15) is 9.18 Å². The maximum Gasteiger partial charge on any atom is 0.152 e. The number of halogens is 1. The molecule has 1 heterocycles. The van der Waals surface area contributed by atoms with E-state index >= 15 is 0 Å². The summed E-state index contributed by atoms with van der Waals surface area (Å²) >= 11 is 0. The summed E-state index contributed by atoms with van der Waals surface area (Å²) in [4.78, 5) is 17.6. The second kappa shape index (κ2) is 6.28. The monoisotopic (exact) mass is 272 g/mol. The number of aldehydes is 1. The summed E-state index contributed by atoms with van der Waals surface area (Å²) in [6.07, 6.45) is 0.685. The van der Waals surface area contributed by atoms with E-state index in [1.807, 2.05) is 36.9 Å². The first-order valence-corrected chi connectivity index (χ1v) is 6.56. The highest BCUT2D eigenvalue weighted by atomic mass is 19.1. The van der Waals surface area contributed by atoms with Crippen molar-refractivity contribution in [3.63, 3.8) is 0 Å². The van der Waals surface area contributed by atoms with Crippen LogP contribution in [0, 0.1) is 12.7 Å². The van der Waals surface area contributed by atoms with E-state index in [-0.39, 0.29) is 0 Å². The number of carbonyl (C=O) groups is 1. The van der Waals surface area contributed by atoms with Crippen LogP contribution in [-0.2, 0) is 6.54 Å². The van der Waals surface area contributed by atoms with Crippen molar-refractivity contribution in [2.24, 2.45) is 0 Å². The van der Waals surface area contributed by atoms with Gasteiger partial charge >= 0.3 is 0 Å². The van der Waals surface area contributed by atoms with Gasteiger partial charge in [-0.25, -0.2) is 4.39 Å². The van der Waals surface area contributed by atoms with Crippen molar-refractivity contribution in [3.05, 3.63) is 59.2 Å². The number of pyridine rings is 1. The molecule has 4 heteroatoms. The van der Waals surface area contributed by atoms with Crippen molar-refractivity contribution < 1.29 is 9.18 Å². The molecule has 0 amide bonds. The molecular weight excluding hydrogens is 255 g/mol. The molecule has 0 spiro atoms. The highest BCUT2D eigenvalue weighted by Gasteiger charge is 2.11. The molecule has 0 atom stereocenters. The fourth-order valence-corrected chi connectivity index (χ4v) is 2.16. The number of hydrogen-bond acceptors (Lipinski definition) is 3. The van der Waals surface area contributed by atoms with Crippen molar-refractivity contribution in [2.75, 3.05) is 11.4 Å². The molecule has 3 nitrogen and oxygen atoms in total. The Morgan fingerprint density at radius 1 is 1.30 bits per heavy atom. The second-order valence-corrected chi connectivity index (χ2v) is 4.61. The predicted molar refractivity (Wildman–Crippen MR) is 77.5 cm³/mol. The first-order chi connectivity index (χ1) is 9.63. The SMILES string of the molecule is CCN(Cc1cccc(C)n1)c1ccc(F)cc1C=O. The fourth-order valence-electron chi connectivity index (χ4n) is 2.16. The van der Waals surface area contributed by atoms with Crippen LogP contribution in [0.25, 0.3) is 0 Å². The summed E-state index contributed by atoms with van der Waals surface area (Å²) < 4.78 is 13.2. The summed E-state index contributed by atoms with van der Waals surface area (Å²) in [5.41, 5.74) is 2.97. The zero-order chi connectivity index (χ0) is 14.5. The van der Waals surface area contributed by atoms with Crippen molar-refractivity contribution in [1.82, 2.24) is 4.98 Å². The van der Waals surface area contributed by atoms with E-state index in [1.165, 1.54) is 12.1 Å². The molecule has 0 unspecified atom stereocenters. The molecule has 0 aliphatic rings. The van der Waals surface area contributed by atoms with Crippen LogP contribution in [0.15, 0.2) is 36.4 Å². The first-order valence-electron chi connectivity index (χ1n) is 6.56. The summed E-state index contributed by atoms with van der Waals surface area (Å²) in [6, 6.07) is 10.1. The molecule has 0 radical (unpaired) electrons. The number of hydrogen-bond donors (Lipinski definition) is 0. The van der Waals surface area contributed by atoms with Gasteiger partial charge in [0, 0.05) is 23.5 Å². The van der Waals surface area contributed by atoms with E-state index in [2.05, 4.69) is 4.98 Å². The minimum atomic E-state index is -0.402. The molecule has 1 aromatic carbocycles. The molecule has 0 N–H and O–H groups in total. The Bertz CT molecular complexity index is 613. The Balaban J connectivity index is 2.31. The quantitative estimate of drug-likeness (QED) is 0.782. The van der Waals surface area contributed by atoms with Gasteiger partial charge in [0.05, 0.1) is 12.2 Å². The van der Waals surface area contributed by atoms with Gasteiger partial charge in [-0.05, 0) is 44.2 Å². The van der Waals surface area contributed by atoms with Gasteiger partial charge in [-0.15, -0.1) is 0 Å². The van der Waals surface area contributed by atoms with Crippen LogP contribution in [-0.4, -0.2) is 17.8 Å². The standard InChI is InChI=1S/C16H17FN2O/c1-3-19(10-15-6-4-5-12(2)18-15)16-8-7-14(17)9-13(16)11-20/h4-9,11H,3,10H2,1-2H3. The van der Waals surface area contributed by atoms with Crippen LogP contribution in [0.5, 0.6) is 0 Å². The zero-order valence-corrected chi connectivity index (χ0v) is 11.6. The molecule has 20 heavy (non-hydrogen) atoms. The topological polar surface area (TPSA) is 33.2 Å². The van der Waals surface area contributed by atoms with Gasteiger partial charge in [0.25, 0.3) is 0 Å². The highest BCUT2D eigenvalue weighted by Crippen LogP contribution is 2.21. The Labute approximate surface area is 118 Å². The van der Waals surface area contributed by atoms with Gasteiger partial charge in [0.2, 0.25) is 0 Å². The number of aryl methyl sites for hydroxylation is 1. The molecule has 2 aromatic rings. The van der Waals surface area contributed by atoms with Gasteiger partial charge in [0.1, 0.15) is 5.82 Å². The summed E-state index contributed by atoms with van der Waals surface area (Å²) in [5.74, 6) is -0.402. The smallest absolute Gasteiger partial charge is 0.152 e. The van der Waals surface area contributed by atoms with Crippen LogP contribution in [0.4, 0.5) is 10.1 Å². The molecule has 0 aliphatic carbocycles. The molecule has 0 fully saturated rings. The van der Waals surface area contributed by atoms with E-state index in [0.717, 1.165) is 17.1 Å². The van der Waals surface area contributed by atoms with Gasteiger partial charge in [-0.2, -0.15) is 0 Å². The third-order valence-electron chi connectivity index (χ3n) is 3.14. The normalized spacial score (nSPS) is 10.3. The number of anilines is 1. The molecule has 2 rings (SSSR count). The average molecular weight is 272 g/mol. The molecule has 0 bridgehead atoms. The molecule has 0 saturated carbocycles. The third-order valence-corrected chi connectivity index (χ3v) is 3.14. The van der Waals surface area contributed by atoms with Crippen LogP contribution in [0.1, 0.15) is 28.7 Å². The lowest BCUT2D eigenvalue weighted by Gasteiger charge is -2.24. The van der Waals surface area contributed by atoms with Gasteiger partial charge in [0.15, 0.2) is 6.29 Å². The molecule has 104 valence electrons. The van der Waals surface area contributed by atoms with Gasteiger partial charge in [-0.1, -0.05) is 6.07 Å². The zero-order valence-electron chi connectivity index (χ0n) is 11.6. The minimum Gasteiger partial charge on any atom is -0.365 e. The van der Waals surface area contributed by atoms with Crippen LogP contribution >= 0.6 is 0 Å². The Morgan fingerprint density at radius 3 is 2.75 bits per heavy atom. The lowest BCUT2D eigenvalue weighted by Crippen LogP contribution is -2.24. The van der Waals surface area contributed by atoms with E-state index in [0.29, 0.717) is 24.9 Å². The van der Waals surface area contributed by atoms with Gasteiger partial charge in [-0.3, -0.25) is 9.78 Å². The average Bonchev–Trinajstić information content (AvgIpc) is 2.45. The number of aromatic nitrogens is 1. The lowest BCUT2D eigenvalue weighted by molar-refractivity contribution is 0.112. The Kier molecular flexibility index (Phi) is 4.45. The van der Waals surface area contributed by atoms with E-state index in [1.54, 1.807) is 6.07 Å². The minimum absolute atomic E-state index is 0.361. The molecule has 0 aliphatic heterocycles. The summed E-state index contributed by atoms with van der Waals surface area (Å²) in [5, 5.41) is 0. The van der Waals surface area contributed by atoms with Crippen molar-refractivity contribution in [3.8, 4) is 0 Å². The molecular formula is C16H17FN2O. The van der Waals surface area contributed by atoms with Gasteiger partial charge < -0.3 is 4.90 Å². The number of carbonyl (C=O) groups excluding carboxylic acids is 1. The number of benzene rings is 1. The summed E-state index contributed by atoms with van der Waals surface area (Å²) in [6.45, 7) is 5.23. The van der Waals surface area contributed by atoms with Crippen LogP contribution in [0.3, 0.4) is 0 Å². The number of nitrogens with zero attached hydrogens (tertiary/aromatic N) is 2. The summed E-state index contributed by atoms with van der Waals surface area (Å²) in [7, 11) is 0. The third kappa shape index (κ3) is 3.20. The fraction of sp³-hybridized carbons (Fsp3) is 0.250. The first kappa shape index (κ1) is 14.2. The maximum atomic E-state index is 13.2. The largest absolute Gasteiger partial charge is 0.365 e. The molecule has 1 aromatic heterocycles. The lowest BCUT2D eigenvalue weighted by atomic mass is 10.1. The van der Waals surface area contributed by atoms with E-state index in [4.69, 9.17) is 0 Å². The highest BCUT2D eigenvalue weighted by molar-refractivity contribution is 5.84. The van der Waals surface area contributed by atoms with Crippen molar-refractivity contribution >= 4 is 12.0 Å². The van der Waals surface area contributed by atoms with Crippen LogP contribution < -0.4 is 4.90 Å². The van der Waals surface area contributed by atoms with Crippen molar-refractivity contribution in [2.45, 2.75) is 20.4 Å².